The van der Waals surface area contributed by atoms with E-state index in [9.17, 15) is 0 Å². The second-order valence-electron chi connectivity index (χ2n) is 8.58. The lowest BCUT2D eigenvalue weighted by atomic mass is 9.75. The summed E-state index contributed by atoms with van der Waals surface area (Å²) >= 11 is 0. The summed E-state index contributed by atoms with van der Waals surface area (Å²) in [6.45, 7) is 19.5. The molecule has 1 aromatic rings. The van der Waals surface area contributed by atoms with Gasteiger partial charge in [-0.15, -0.1) is 0 Å². The molecule has 0 aromatic heterocycles. The quantitative estimate of drug-likeness (QED) is 0.784. The predicted octanol–water partition coefficient (Wildman–Crippen LogP) is 5.11. The summed E-state index contributed by atoms with van der Waals surface area (Å²) in [7, 11) is 0. The van der Waals surface area contributed by atoms with Crippen LogP contribution in [0.5, 0.6) is 0 Å². The van der Waals surface area contributed by atoms with E-state index in [-0.39, 0.29) is 5.54 Å². The molecule has 0 amide bonds. The first kappa shape index (κ1) is 18.3. The molecule has 0 fully saturated rings. The molecule has 0 radical (unpaired) electrons. The highest BCUT2D eigenvalue weighted by Crippen LogP contribution is 2.49. The van der Waals surface area contributed by atoms with Gasteiger partial charge in [-0.05, 0) is 63.3 Å². The van der Waals surface area contributed by atoms with Crippen molar-refractivity contribution in [1.29, 1.82) is 0 Å². The van der Waals surface area contributed by atoms with Crippen molar-refractivity contribution in [2.75, 3.05) is 18.0 Å². The Hall–Kier alpha value is -1.02. The second-order valence-corrected chi connectivity index (χ2v) is 8.58. The van der Waals surface area contributed by atoms with Crippen LogP contribution in [-0.2, 0) is 12.0 Å². The minimum atomic E-state index is 0.171. The van der Waals surface area contributed by atoms with Crippen LogP contribution < -0.4 is 10.2 Å². The fourth-order valence-electron chi connectivity index (χ4n) is 3.96. The van der Waals surface area contributed by atoms with Crippen molar-refractivity contribution < 1.29 is 0 Å². The van der Waals surface area contributed by atoms with E-state index in [0.29, 0.717) is 11.3 Å². The van der Waals surface area contributed by atoms with Crippen LogP contribution in [0.15, 0.2) is 18.2 Å². The molecule has 1 heterocycles. The zero-order chi connectivity index (χ0) is 17.3. The number of nitrogens with zero attached hydrogens (tertiary/aromatic N) is 1. The third-order valence-electron chi connectivity index (χ3n) is 5.44. The number of anilines is 1. The minimum absolute atomic E-state index is 0.171. The van der Waals surface area contributed by atoms with E-state index < -0.39 is 0 Å². The normalized spacial score (nSPS) is 17.0. The SMILES string of the molecule is CCC1(CC)CN(C(C)(C)C)c2cccc(CNCC(C)C)c21. The molecule has 0 saturated carbocycles. The number of hydrogen-bond acceptors (Lipinski definition) is 2. The Morgan fingerprint density at radius 1 is 1.17 bits per heavy atom. The second kappa shape index (κ2) is 6.84. The third-order valence-corrected chi connectivity index (χ3v) is 5.44. The maximum Gasteiger partial charge on any atom is 0.0413 e. The van der Waals surface area contributed by atoms with Crippen LogP contribution in [0.3, 0.4) is 0 Å². The van der Waals surface area contributed by atoms with E-state index in [0.717, 1.165) is 19.6 Å². The third kappa shape index (κ3) is 3.57. The van der Waals surface area contributed by atoms with Crippen molar-refractivity contribution >= 4 is 5.69 Å². The highest BCUT2D eigenvalue weighted by atomic mass is 15.2. The van der Waals surface area contributed by atoms with Crippen LogP contribution in [0.2, 0.25) is 0 Å². The summed E-state index contributed by atoms with van der Waals surface area (Å²) in [6.07, 6.45) is 2.43. The topological polar surface area (TPSA) is 15.3 Å². The predicted molar refractivity (Wildman–Crippen MR) is 102 cm³/mol. The van der Waals surface area contributed by atoms with Crippen LogP contribution >= 0.6 is 0 Å². The van der Waals surface area contributed by atoms with Gasteiger partial charge in [0.2, 0.25) is 0 Å². The molecule has 1 N–H and O–H groups in total. The Morgan fingerprint density at radius 3 is 2.35 bits per heavy atom. The first-order valence-corrected chi connectivity index (χ1v) is 9.36. The van der Waals surface area contributed by atoms with Gasteiger partial charge in [0.05, 0.1) is 0 Å². The fourth-order valence-corrected chi connectivity index (χ4v) is 3.96. The van der Waals surface area contributed by atoms with E-state index in [1.807, 2.05) is 0 Å². The van der Waals surface area contributed by atoms with E-state index in [4.69, 9.17) is 0 Å². The lowest BCUT2D eigenvalue weighted by molar-refractivity contribution is 0.384. The van der Waals surface area contributed by atoms with Gasteiger partial charge in [0, 0.05) is 29.7 Å². The van der Waals surface area contributed by atoms with Crippen molar-refractivity contribution in [2.45, 2.75) is 78.8 Å². The average Bonchev–Trinajstić information content (AvgIpc) is 2.83. The molecule has 0 spiro atoms. The lowest BCUT2D eigenvalue weighted by Gasteiger charge is -2.37. The van der Waals surface area contributed by atoms with Gasteiger partial charge in [-0.25, -0.2) is 0 Å². The highest BCUT2D eigenvalue weighted by molar-refractivity contribution is 5.67. The number of hydrogen-bond donors (Lipinski definition) is 1. The van der Waals surface area contributed by atoms with Gasteiger partial charge in [-0.1, -0.05) is 39.8 Å². The summed E-state index contributed by atoms with van der Waals surface area (Å²) in [6, 6.07) is 6.91. The maximum absolute atomic E-state index is 3.65. The molecule has 1 aliphatic rings. The smallest absolute Gasteiger partial charge is 0.0413 e. The fraction of sp³-hybridized carbons (Fsp3) is 0.714. The van der Waals surface area contributed by atoms with Gasteiger partial charge in [-0.3, -0.25) is 0 Å². The van der Waals surface area contributed by atoms with E-state index in [2.05, 4.69) is 76.9 Å². The lowest BCUT2D eigenvalue weighted by Crippen LogP contribution is -2.44. The Labute approximate surface area is 143 Å². The molecule has 1 aliphatic heterocycles. The number of nitrogens with one attached hydrogen (secondary N) is 1. The zero-order valence-corrected chi connectivity index (χ0v) is 16.3. The van der Waals surface area contributed by atoms with Gasteiger partial charge in [0.1, 0.15) is 0 Å². The minimum Gasteiger partial charge on any atom is -0.366 e. The maximum atomic E-state index is 3.65. The van der Waals surface area contributed by atoms with E-state index in [1.54, 1.807) is 5.56 Å². The number of rotatable bonds is 6. The van der Waals surface area contributed by atoms with E-state index in [1.165, 1.54) is 24.1 Å². The molecule has 0 saturated heterocycles. The largest absolute Gasteiger partial charge is 0.366 e. The van der Waals surface area contributed by atoms with Gasteiger partial charge in [0.15, 0.2) is 0 Å². The van der Waals surface area contributed by atoms with Crippen molar-refractivity contribution in [2.24, 2.45) is 5.92 Å². The summed E-state index contributed by atoms with van der Waals surface area (Å²) in [5.74, 6) is 0.694. The molecule has 2 rings (SSSR count). The Morgan fingerprint density at radius 2 is 1.83 bits per heavy atom. The molecular formula is C21H36N2. The van der Waals surface area contributed by atoms with Gasteiger partial charge in [0.25, 0.3) is 0 Å². The molecule has 0 unspecified atom stereocenters. The van der Waals surface area contributed by atoms with Crippen LogP contribution in [-0.4, -0.2) is 18.6 Å². The van der Waals surface area contributed by atoms with Gasteiger partial charge < -0.3 is 10.2 Å². The Kier molecular flexibility index (Phi) is 5.45. The van der Waals surface area contributed by atoms with Crippen molar-refractivity contribution in [3.05, 3.63) is 29.3 Å². The zero-order valence-electron chi connectivity index (χ0n) is 16.3. The van der Waals surface area contributed by atoms with E-state index >= 15 is 0 Å². The molecular weight excluding hydrogens is 280 g/mol. The number of benzene rings is 1. The molecule has 2 heteroatoms. The van der Waals surface area contributed by atoms with Crippen LogP contribution in [0, 0.1) is 5.92 Å². The highest BCUT2D eigenvalue weighted by Gasteiger charge is 2.44. The molecule has 23 heavy (non-hydrogen) atoms. The summed E-state index contributed by atoms with van der Waals surface area (Å²) in [5.41, 5.74) is 5.05. The molecule has 0 bridgehead atoms. The molecule has 0 atom stereocenters. The average molecular weight is 317 g/mol. The Balaban J connectivity index is 2.43. The molecule has 2 nitrogen and oxygen atoms in total. The monoisotopic (exact) mass is 316 g/mol. The first-order valence-electron chi connectivity index (χ1n) is 9.36. The van der Waals surface area contributed by atoms with Gasteiger partial charge in [-0.2, -0.15) is 0 Å². The Bertz CT molecular complexity index is 521. The molecule has 1 aromatic carbocycles. The molecule has 0 aliphatic carbocycles. The summed E-state index contributed by atoms with van der Waals surface area (Å²) < 4.78 is 0. The first-order chi connectivity index (χ1) is 10.7. The van der Waals surface area contributed by atoms with Crippen molar-refractivity contribution in [3.8, 4) is 0 Å². The summed E-state index contributed by atoms with van der Waals surface area (Å²) in [5, 5.41) is 3.65. The van der Waals surface area contributed by atoms with Crippen LogP contribution in [0.4, 0.5) is 5.69 Å². The van der Waals surface area contributed by atoms with Crippen LogP contribution in [0.25, 0.3) is 0 Å². The van der Waals surface area contributed by atoms with Crippen molar-refractivity contribution in [1.82, 2.24) is 5.32 Å². The van der Waals surface area contributed by atoms with Gasteiger partial charge >= 0.3 is 0 Å². The standard InChI is InChI=1S/C21H36N2/c1-8-21(9-2)15-23(20(5,6)7)18-12-10-11-17(19(18)21)14-22-13-16(3)4/h10-12,16,22H,8-9,13-15H2,1-7H3. The number of fused-ring (bicyclic) bond motifs is 1. The van der Waals surface area contributed by atoms with Crippen molar-refractivity contribution in [3.63, 3.8) is 0 Å². The summed E-state index contributed by atoms with van der Waals surface area (Å²) in [4.78, 5) is 2.63. The molecule has 130 valence electrons. The van der Waals surface area contributed by atoms with Crippen LogP contribution in [0.1, 0.15) is 72.4 Å².